The van der Waals surface area contributed by atoms with E-state index in [1.807, 2.05) is 36.4 Å². The first-order chi connectivity index (χ1) is 12.6. The largest absolute Gasteiger partial charge is 0.492 e. The number of aromatic hydroxyl groups is 1. The van der Waals surface area contributed by atoms with E-state index in [1.54, 1.807) is 30.5 Å². The zero-order valence-electron chi connectivity index (χ0n) is 13.4. The van der Waals surface area contributed by atoms with E-state index in [2.05, 4.69) is 10.4 Å². The van der Waals surface area contributed by atoms with Crippen LogP contribution in [0.2, 0.25) is 0 Å². The molecule has 0 unspecified atom stereocenters. The number of carbonyl (C=O) groups is 1. The van der Waals surface area contributed by atoms with E-state index >= 15 is 0 Å². The lowest BCUT2D eigenvalue weighted by atomic mass is 10.1. The summed E-state index contributed by atoms with van der Waals surface area (Å²) >= 11 is 6.51. The number of hydrogen-bond acceptors (Lipinski definition) is 5. The minimum absolute atomic E-state index is 0.102. The Labute approximate surface area is 158 Å². The normalized spacial score (nSPS) is 13.8. The summed E-state index contributed by atoms with van der Waals surface area (Å²) in [6.07, 6.45) is 3.57. The molecule has 26 heavy (non-hydrogen) atoms. The predicted molar refractivity (Wildman–Crippen MR) is 107 cm³/mol. The summed E-state index contributed by atoms with van der Waals surface area (Å²) in [6, 6.07) is 16.5. The average Bonchev–Trinajstić information content (AvgIpc) is 3.19. The van der Waals surface area contributed by atoms with Crippen LogP contribution < -0.4 is 5.43 Å². The van der Waals surface area contributed by atoms with E-state index in [-0.39, 0.29) is 11.8 Å². The van der Waals surface area contributed by atoms with Gasteiger partial charge in [0.05, 0.1) is 10.6 Å². The maximum Gasteiger partial charge on any atom is 0.270 e. The predicted octanol–water partition coefficient (Wildman–Crippen LogP) is 4.63. The lowest BCUT2D eigenvalue weighted by Gasteiger charge is -2.07. The lowest BCUT2D eigenvalue weighted by Crippen LogP contribution is -2.22. The highest BCUT2D eigenvalue weighted by Crippen LogP contribution is 2.35. The summed E-state index contributed by atoms with van der Waals surface area (Å²) in [7, 11) is 0. The average molecular weight is 379 g/mol. The van der Waals surface area contributed by atoms with Gasteiger partial charge in [0.2, 0.25) is 5.88 Å². The summed E-state index contributed by atoms with van der Waals surface area (Å²) in [4.78, 5) is 17.2. The number of thiazole rings is 1. The Balaban J connectivity index is 1.66. The van der Waals surface area contributed by atoms with Crippen molar-refractivity contribution in [1.29, 1.82) is 0 Å². The van der Waals surface area contributed by atoms with Crippen molar-refractivity contribution in [2.75, 3.05) is 5.43 Å². The molecule has 0 atom stereocenters. The Morgan fingerprint density at radius 1 is 1.15 bits per heavy atom. The zero-order chi connectivity index (χ0) is 18.1. The van der Waals surface area contributed by atoms with Gasteiger partial charge in [0, 0.05) is 22.9 Å². The van der Waals surface area contributed by atoms with Gasteiger partial charge in [-0.2, -0.15) is 4.68 Å². The molecule has 7 heteroatoms. The first kappa shape index (κ1) is 16.4. The first-order valence-electron chi connectivity index (χ1n) is 7.80. The molecule has 4 rings (SSSR count). The number of aromatic nitrogens is 1. The maximum atomic E-state index is 12.3. The summed E-state index contributed by atoms with van der Waals surface area (Å²) < 4.78 is 1.57. The highest BCUT2D eigenvalue weighted by Gasteiger charge is 2.16. The molecular weight excluding hydrogens is 366 g/mol. The van der Waals surface area contributed by atoms with Gasteiger partial charge in [-0.3, -0.25) is 15.2 Å². The van der Waals surface area contributed by atoms with E-state index in [0.717, 1.165) is 16.8 Å². The second-order valence-electron chi connectivity index (χ2n) is 5.57. The van der Waals surface area contributed by atoms with Crippen LogP contribution in [-0.4, -0.2) is 21.9 Å². The van der Waals surface area contributed by atoms with Crippen molar-refractivity contribution in [3.63, 3.8) is 0 Å². The van der Waals surface area contributed by atoms with Crippen LogP contribution in [0.25, 0.3) is 11.6 Å². The van der Waals surface area contributed by atoms with E-state index in [4.69, 9.17) is 12.2 Å². The second kappa shape index (κ2) is 6.70. The molecule has 0 bridgehead atoms. The van der Waals surface area contributed by atoms with Crippen LogP contribution in [0.5, 0.6) is 5.88 Å². The molecule has 1 amide bonds. The summed E-state index contributed by atoms with van der Waals surface area (Å²) in [5.41, 5.74) is 5.88. The molecule has 0 radical (unpaired) electrons. The van der Waals surface area contributed by atoms with Crippen molar-refractivity contribution in [3.05, 3.63) is 74.6 Å². The number of allylic oxidation sites excluding steroid dienone is 1. The maximum absolute atomic E-state index is 12.3. The van der Waals surface area contributed by atoms with Crippen molar-refractivity contribution in [2.24, 2.45) is 4.99 Å². The fraction of sp³-hybridized carbons (Fsp3) is 0. The van der Waals surface area contributed by atoms with Crippen molar-refractivity contribution >= 4 is 53.0 Å². The highest BCUT2D eigenvalue weighted by atomic mass is 32.1. The van der Waals surface area contributed by atoms with Gasteiger partial charge < -0.3 is 5.11 Å². The molecule has 1 aliphatic rings. The quantitative estimate of drug-likeness (QED) is 0.652. The third-order valence-corrected chi connectivity index (χ3v) is 5.22. The molecule has 0 fully saturated rings. The molecule has 0 aliphatic carbocycles. The molecule has 0 saturated carbocycles. The molecule has 1 aromatic heterocycles. The van der Waals surface area contributed by atoms with Crippen LogP contribution in [-0.2, 0) is 0 Å². The number of amides is 1. The molecule has 2 N–H and O–H groups in total. The van der Waals surface area contributed by atoms with Crippen molar-refractivity contribution in [2.45, 2.75) is 0 Å². The Hall–Kier alpha value is -3.03. The highest BCUT2D eigenvalue weighted by molar-refractivity contribution is 7.73. The monoisotopic (exact) mass is 379 g/mol. The summed E-state index contributed by atoms with van der Waals surface area (Å²) in [5, 5.41) is 10.5. The molecule has 3 aromatic rings. The number of carbonyl (C=O) groups excluding carboxylic acids is 1. The number of fused-ring (bicyclic) bond motifs is 1. The zero-order valence-corrected chi connectivity index (χ0v) is 15.1. The van der Waals surface area contributed by atoms with Crippen LogP contribution in [0.4, 0.5) is 5.69 Å². The van der Waals surface area contributed by atoms with Gasteiger partial charge in [-0.25, -0.2) is 0 Å². The number of benzene rings is 2. The van der Waals surface area contributed by atoms with Crippen molar-refractivity contribution in [3.8, 4) is 5.88 Å². The van der Waals surface area contributed by atoms with Crippen LogP contribution in [0.3, 0.4) is 0 Å². The molecule has 128 valence electrons. The number of nitrogens with zero attached hydrogens (tertiary/aromatic N) is 2. The number of nitrogens with one attached hydrogen (secondary N) is 1. The van der Waals surface area contributed by atoms with Gasteiger partial charge in [-0.1, -0.05) is 47.7 Å². The van der Waals surface area contributed by atoms with Crippen molar-refractivity contribution in [1.82, 2.24) is 4.68 Å². The van der Waals surface area contributed by atoms with Gasteiger partial charge in [0.15, 0.2) is 3.95 Å². The topological polar surface area (TPSA) is 66.6 Å². The van der Waals surface area contributed by atoms with Crippen LogP contribution in [0, 0.1) is 3.95 Å². The third kappa shape index (κ3) is 2.98. The van der Waals surface area contributed by atoms with Gasteiger partial charge in [-0.15, -0.1) is 0 Å². The van der Waals surface area contributed by atoms with Crippen LogP contribution in [0.15, 0.2) is 59.6 Å². The third-order valence-electron chi connectivity index (χ3n) is 3.91. The molecule has 5 nitrogen and oxygen atoms in total. The minimum Gasteiger partial charge on any atom is -0.492 e. The molecule has 2 aromatic carbocycles. The smallest absolute Gasteiger partial charge is 0.270 e. The standard InChI is InChI=1S/C19H13N3O2S2/c23-17(12-6-2-1-3-7-12)21-22-18(24)16(26-19(22)25)10-13-11-20-15-9-5-4-8-14(13)15/h1-11,24H,(H,21,23)/b13-10+. The number of rotatable bonds is 3. The number of hydrogen-bond donors (Lipinski definition) is 2. The summed E-state index contributed by atoms with van der Waals surface area (Å²) in [6.45, 7) is 0. The Morgan fingerprint density at radius 3 is 2.69 bits per heavy atom. The molecular formula is C19H13N3O2S2. The molecule has 2 heterocycles. The Bertz CT molecular complexity index is 1110. The fourth-order valence-corrected chi connectivity index (χ4v) is 3.81. The van der Waals surface area contributed by atoms with Crippen molar-refractivity contribution < 1.29 is 9.90 Å². The van der Waals surface area contributed by atoms with E-state index in [9.17, 15) is 9.90 Å². The van der Waals surface area contributed by atoms with E-state index < -0.39 is 0 Å². The Kier molecular flexibility index (Phi) is 4.24. The fourth-order valence-electron chi connectivity index (χ4n) is 2.63. The lowest BCUT2D eigenvalue weighted by molar-refractivity contribution is 0.101. The van der Waals surface area contributed by atoms with Gasteiger partial charge in [0.1, 0.15) is 0 Å². The Morgan fingerprint density at radius 2 is 1.88 bits per heavy atom. The molecule has 0 spiro atoms. The molecule has 1 aliphatic heterocycles. The van der Waals surface area contributed by atoms with Gasteiger partial charge >= 0.3 is 0 Å². The van der Waals surface area contributed by atoms with Gasteiger partial charge in [0.25, 0.3) is 5.91 Å². The SMILES string of the molecule is O=C(Nn1c(O)c(/C=C2\C=Nc3ccccc32)sc1=S)c1ccccc1. The molecule has 0 saturated heterocycles. The van der Waals surface area contributed by atoms with E-state index in [0.29, 0.717) is 14.4 Å². The second-order valence-corrected chi connectivity index (χ2v) is 7.25. The first-order valence-corrected chi connectivity index (χ1v) is 9.02. The van der Waals surface area contributed by atoms with E-state index in [1.165, 1.54) is 16.0 Å². The number of para-hydroxylation sites is 1. The van der Waals surface area contributed by atoms with Crippen LogP contribution >= 0.6 is 23.6 Å². The van der Waals surface area contributed by atoms with Crippen LogP contribution in [0.1, 0.15) is 20.8 Å². The summed E-state index contributed by atoms with van der Waals surface area (Å²) in [5.74, 6) is -0.448. The van der Waals surface area contributed by atoms with Gasteiger partial charge in [-0.05, 0) is 36.5 Å². The number of aliphatic imine (C=N–C) groups is 1. The minimum atomic E-state index is -0.346.